The van der Waals surface area contributed by atoms with Crippen molar-refractivity contribution in [2.45, 2.75) is 45.1 Å². The molecule has 0 fully saturated rings. The van der Waals surface area contributed by atoms with Crippen molar-refractivity contribution in [1.29, 1.82) is 0 Å². The van der Waals surface area contributed by atoms with Crippen LogP contribution in [0.1, 0.15) is 49.9 Å². The van der Waals surface area contributed by atoms with Crippen LogP contribution in [0.4, 0.5) is 0 Å². The molecule has 110 valence electrons. The fourth-order valence-corrected chi connectivity index (χ4v) is 3.02. The number of fused-ring (bicyclic) bond motifs is 3. The van der Waals surface area contributed by atoms with Crippen LogP contribution in [0.2, 0.25) is 0 Å². The Labute approximate surface area is 124 Å². The summed E-state index contributed by atoms with van der Waals surface area (Å²) in [4.78, 5) is 16.6. The fraction of sp³-hybridized carbons (Fsp3) is 0.412. The Bertz CT molecular complexity index is 672. The number of hydrogen-bond donors (Lipinski definition) is 1. The van der Waals surface area contributed by atoms with Gasteiger partial charge in [0.15, 0.2) is 0 Å². The summed E-state index contributed by atoms with van der Waals surface area (Å²) in [5.74, 6) is 0.364. The van der Waals surface area contributed by atoms with Gasteiger partial charge in [-0.3, -0.25) is 4.79 Å². The van der Waals surface area contributed by atoms with E-state index in [1.165, 1.54) is 5.69 Å². The Morgan fingerprint density at radius 2 is 2.33 bits per heavy atom. The lowest BCUT2D eigenvalue weighted by molar-refractivity contribution is -0.121. The van der Waals surface area contributed by atoms with E-state index in [1.54, 1.807) is 0 Å². The molecule has 0 bridgehead atoms. The zero-order chi connectivity index (χ0) is 14.7. The largest absolute Gasteiger partial charge is 0.350 e. The van der Waals surface area contributed by atoms with Crippen molar-refractivity contribution in [3.05, 3.63) is 47.9 Å². The van der Waals surface area contributed by atoms with Crippen molar-refractivity contribution < 1.29 is 4.79 Å². The van der Waals surface area contributed by atoms with Crippen LogP contribution in [-0.2, 0) is 11.3 Å². The minimum atomic E-state index is 0.127. The van der Waals surface area contributed by atoms with Crippen LogP contribution in [-0.4, -0.2) is 15.3 Å². The molecule has 0 saturated carbocycles. The zero-order valence-corrected chi connectivity index (χ0v) is 12.4. The number of hydrogen-bond acceptors (Lipinski definition) is 2. The topological polar surface area (TPSA) is 46.4 Å². The second-order valence-corrected chi connectivity index (χ2v) is 5.51. The molecular formula is C17H21N3O. The van der Waals surface area contributed by atoms with Crippen LogP contribution in [0.5, 0.6) is 0 Å². The quantitative estimate of drug-likeness (QED) is 0.876. The molecule has 0 aromatic carbocycles. The summed E-state index contributed by atoms with van der Waals surface area (Å²) >= 11 is 0. The molecule has 3 heterocycles. The highest BCUT2D eigenvalue weighted by atomic mass is 16.1. The Morgan fingerprint density at radius 1 is 1.43 bits per heavy atom. The summed E-state index contributed by atoms with van der Waals surface area (Å²) in [5, 5.41) is 2.96. The first-order valence-corrected chi connectivity index (χ1v) is 7.67. The molecule has 0 spiro atoms. The second kappa shape index (κ2) is 6.12. The lowest BCUT2D eigenvalue weighted by Gasteiger charge is -2.14. The van der Waals surface area contributed by atoms with Gasteiger partial charge in [0.25, 0.3) is 0 Å². The molecule has 0 saturated heterocycles. The summed E-state index contributed by atoms with van der Waals surface area (Å²) in [7, 11) is 0. The monoisotopic (exact) mass is 283 g/mol. The summed E-state index contributed by atoms with van der Waals surface area (Å²) in [6.45, 7) is 2.68. The number of carbonyl (C=O) groups excluding carboxylic acids is 1. The van der Waals surface area contributed by atoms with Gasteiger partial charge < -0.3 is 9.72 Å². The van der Waals surface area contributed by atoms with Crippen LogP contribution in [0, 0.1) is 0 Å². The minimum Gasteiger partial charge on any atom is -0.350 e. The number of imidazole rings is 1. The molecule has 0 unspecified atom stereocenters. The number of amides is 1. The lowest BCUT2D eigenvalue weighted by Crippen LogP contribution is -2.21. The van der Waals surface area contributed by atoms with E-state index in [9.17, 15) is 4.79 Å². The number of nitrogens with zero attached hydrogens (tertiary/aromatic N) is 2. The number of rotatable bonds is 4. The van der Waals surface area contributed by atoms with Gasteiger partial charge in [0.2, 0.25) is 5.91 Å². The Morgan fingerprint density at radius 3 is 3.19 bits per heavy atom. The molecule has 2 aromatic rings. The van der Waals surface area contributed by atoms with Crippen LogP contribution >= 0.6 is 0 Å². The Kier molecular flexibility index (Phi) is 4.04. The summed E-state index contributed by atoms with van der Waals surface area (Å²) in [6.07, 6.45) is 10.1. The van der Waals surface area contributed by atoms with Gasteiger partial charge in [-0.15, -0.1) is 0 Å². The van der Waals surface area contributed by atoms with Crippen molar-refractivity contribution in [3.8, 4) is 0 Å². The average molecular weight is 283 g/mol. The van der Waals surface area contributed by atoms with Gasteiger partial charge in [-0.25, -0.2) is 4.98 Å². The number of allylic oxidation sites excluding steroid dienone is 2. The van der Waals surface area contributed by atoms with Crippen molar-refractivity contribution in [2.75, 3.05) is 0 Å². The third-order valence-corrected chi connectivity index (χ3v) is 4.00. The van der Waals surface area contributed by atoms with E-state index in [2.05, 4.69) is 33.8 Å². The maximum atomic E-state index is 11.9. The predicted molar refractivity (Wildman–Crippen MR) is 83.1 cm³/mol. The fourth-order valence-electron chi connectivity index (χ4n) is 3.02. The SMILES string of the molecule is CC/C=C\CC[C@H]1CC(=O)NCc2nc3ccccn3c21. The van der Waals surface area contributed by atoms with Crippen molar-refractivity contribution in [3.63, 3.8) is 0 Å². The molecule has 1 aliphatic rings. The van der Waals surface area contributed by atoms with E-state index in [0.29, 0.717) is 13.0 Å². The van der Waals surface area contributed by atoms with Gasteiger partial charge in [0, 0.05) is 18.5 Å². The molecule has 0 aliphatic carbocycles. The zero-order valence-electron chi connectivity index (χ0n) is 12.4. The van der Waals surface area contributed by atoms with E-state index in [4.69, 9.17) is 0 Å². The first-order chi connectivity index (χ1) is 10.3. The van der Waals surface area contributed by atoms with E-state index < -0.39 is 0 Å². The van der Waals surface area contributed by atoms with Crippen LogP contribution in [0.25, 0.3) is 5.65 Å². The van der Waals surface area contributed by atoms with Crippen molar-refractivity contribution in [1.82, 2.24) is 14.7 Å². The lowest BCUT2D eigenvalue weighted by atomic mass is 9.94. The molecule has 3 rings (SSSR count). The molecule has 21 heavy (non-hydrogen) atoms. The second-order valence-electron chi connectivity index (χ2n) is 5.51. The number of nitrogens with one attached hydrogen (secondary N) is 1. The highest BCUT2D eigenvalue weighted by Gasteiger charge is 2.26. The highest BCUT2D eigenvalue weighted by molar-refractivity contribution is 5.77. The molecule has 4 nitrogen and oxygen atoms in total. The Balaban J connectivity index is 1.95. The number of pyridine rings is 1. The third-order valence-electron chi connectivity index (χ3n) is 4.00. The van der Waals surface area contributed by atoms with Crippen LogP contribution < -0.4 is 5.32 Å². The van der Waals surface area contributed by atoms with E-state index in [-0.39, 0.29) is 11.8 Å². The Hall–Kier alpha value is -2.10. The van der Waals surface area contributed by atoms with Gasteiger partial charge in [0.05, 0.1) is 17.9 Å². The number of carbonyl (C=O) groups is 1. The molecule has 2 aromatic heterocycles. The molecular weight excluding hydrogens is 262 g/mol. The third kappa shape index (κ3) is 2.84. The number of aromatic nitrogens is 2. The summed E-state index contributed by atoms with van der Waals surface area (Å²) in [5.41, 5.74) is 3.18. The highest BCUT2D eigenvalue weighted by Crippen LogP contribution is 2.31. The van der Waals surface area contributed by atoms with Crippen LogP contribution in [0.3, 0.4) is 0 Å². The maximum absolute atomic E-state index is 11.9. The first kappa shape index (κ1) is 13.9. The molecule has 1 atom stereocenters. The molecule has 0 radical (unpaired) electrons. The van der Waals surface area contributed by atoms with Gasteiger partial charge in [-0.2, -0.15) is 0 Å². The summed E-state index contributed by atoms with van der Waals surface area (Å²) in [6, 6.07) is 6.03. The molecule has 1 amide bonds. The molecule has 1 N–H and O–H groups in total. The average Bonchev–Trinajstić information content (AvgIpc) is 2.79. The van der Waals surface area contributed by atoms with Gasteiger partial charge in [-0.1, -0.05) is 25.1 Å². The normalized spacial score (nSPS) is 18.7. The van der Waals surface area contributed by atoms with Crippen LogP contribution in [0.15, 0.2) is 36.5 Å². The minimum absolute atomic E-state index is 0.127. The van der Waals surface area contributed by atoms with Gasteiger partial charge >= 0.3 is 0 Å². The summed E-state index contributed by atoms with van der Waals surface area (Å²) < 4.78 is 2.14. The first-order valence-electron chi connectivity index (χ1n) is 7.67. The predicted octanol–water partition coefficient (Wildman–Crippen LogP) is 3.18. The van der Waals surface area contributed by atoms with E-state index in [1.807, 2.05) is 24.4 Å². The van der Waals surface area contributed by atoms with Crippen molar-refractivity contribution >= 4 is 11.6 Å². The van der Waals surface area contributed by atoms with E-state index >= 15 is 0 Å². The molecule has 4 heteroatoms. The smallest absolute Gasteiger partial charge is 0.220 e. The standard InChI is InChI=1S/C17H21N3O/c1-2-3-4-5-8-13-11-16(21)18-12-14-17(13)20-10-7-6-9-15(20)19-14/h3-4,6-7,9-10,13H,2,5,8,11-12H2,1H3,(H,18,21)/b4-3-/t13-/m0/s1. The molecule has 1 aliphatic heterocycles. The maximum Gasteiger partial charge on any atom is 0.220 e. The van der Waals surface area contributed by atoms with Crippen molar-refractivity contribution in [2.24, 2.45) is 0 Å². The van der Waals surface area contributed by atoms with Gasteiger partial charge in [0.1, 0.15) is 5.65 Å². The van der Waals surface area contributed by atoms with Gasteiger partial charge in [-0.05, 0) is 31.4 Å². The van der Waals surface area contributed by atoms with E-state index in [0.717, 1.165) is 30.6 Å².